The van der Waals surface area contributed by atoms with Crippen molar-refractivity contribution < 1.29 is 9.18 Å². The van der Waals surface area contributed by atoms with Gasteiger partial charge in [-0.2, -0.15) is 0 Å². The summed E-state index contributed by atoms with van der Waals surface area (Å²) in [4.78, 5) is 14.1. The molecule has 1 saturated heterocycles. The molecule has 0 saturated carbocycles. The average Bonchev–Trinajstić information content (AvgIpc) is 3.02. The maximum atomic E-state index is 14.3. The SMILES string of the molecule is CCCCC(=O)NCC(c1c(F)cccc1Cl)N1CCCC1. The minimum Gasteiger partial charge on any atom is -0.354 e. The Bertz CT molecular complexity index is 483. The number of nitrogens with zero attached hydrogens (tertiary/aromatic N) is 1. The summed E-state index contributed by atoms with van der Waals surface area (Å²) in [7, 11) is 0. The molecule has 3 nitrogen and oxygen atoms in total. The predicted octanol–water partition coefficient (Wildman–Crippen LogP) is 3.92. The summed E-state index contributed by atoms with van der Waals surface area (Å²) in [6.07, 6.45) is 4.59. The van der Waals surface area contributed by atoms with E-state index in [0.717, 1.165) is 38.8 Å². The fourth-order valence-corrected chi connectivity index (χ4v) is 3.22. The van der Waals surface area contributed by atoms with Crippen LogP contribution in [0.15, 0.2) is 18.2 Å². The topological polar surface area (TPSA) is 32.3 Å². The van der Waals surface area contributed by atoms with Gasteiger partial charge >= 0.3 is 0 Å². The summed E-state index contributed by atoms with van der Waals surface area (Å²) >= 11 is 6.22. The molecule has 0 aliphatic carbocycles. The Kier molecular flexibility index (Phi) is 6.65. The van der Waals surface area contributed by atoms with Crippen LogP contribution in [0, 0.1) is 5.82 Å². The zero-order chi connectivity index (χ0) is 15.9. The summed E-state index contributed by atoms with van der Waals surface area (Å²) in [5.74, 6) is -0.272. The van der Waals surface area contributed by atoms with Crippen LogP contribution in [0.1, 0.15) is 50.6 Å². The Labute approximate surface area is 136 Å². The molecule has 0 aromatic heterocycles. The predicted molar refractivity (Wildman–Crippen MR) is 87.5 cm³/mol. The van der Waals surface area contributed by atoms with Gasteiger partial charge in [0.1, 0.15) is 5.82 Å². The third kappa shape index (κ3) is 4.43. The van der Waals surface area contributed by atoms with E-state index >= 15 is 0 Å². The molecule has 1 aliphatic heterocycles. The lowest BCUT2D eigenvalue weighted by molar-refractivity contribution is -0.121. The molecule has 1 aromatic rings. The number of hydrogen-bond donors (Lipinski definition) is 1. The Morgan fingerprint density at radius 3 is 2.77 bits per heavy atom. The lowest BCUT2D eigenvalue weighted by atomic mass is 10.0. The van der Waals surface area contributed by atoms with E-state index in [9.17, 15) is 9.18 Å². The van der Waals surface area contributed by atoms with Crippen molar-refractivity contribution in [3.8, 4) is 0 Å². The molecule has 1 fully saturated rings. The Morgan fingerprint density at radius 1 is 1.41 bits per heavy atom. The van der Waals surface area contributed by atoms with Crippen molar-refractivity contribution in [2.75, 3.05) is 19.6 Å². The number of carbonyl (C=O) groups is 1. The maximum Gasteiger partial charge on any atom is 0.220 e. The molecule has 0 spiro atoms. The number of benzene rings is 1. The third-order valence-electron chi connectivity index (χ3n) is 4.16. The van der Waals surface area contributed by atoms with Gasteiger partial charge in [-0.3, -0.25) is 9.69 Å². The fraction of sp³-hybridized carbons (Fsp3) is 0.588. The van der Waals surface area contributed by atoms with Gasteiger partial charge in [-0.25, -0.2) is 4.39 Å². The van der Waals surface area contributed by atoms with Gasteiger partial charge in [0, 0.05) is 23.6 Å². The van der Waals surface area contributed by atoms with Crippen LogP contribution in [0.5, 0.6) is 0 Å². The summed E-state index contributed by atoms with van der Waals surface area (Å²) in [6, 6.07) is 4.56. The molecule has 22 heavy (non-hydrogen) atoms. The second kappa shape index (κ2) is 8.49. The van der Waals surface area contributed by atoms with Crippen molar-refractivity contribution in [2.24, 2.45) is 0 Å². The molecular formula is C17H24ClFN2O. The molecule has 0 bridgehead atoms. The second-order valence-electron chi connectivity index (χ2n) is 5.80. The van der Waals surface area contributed by atoms with E-state index in [0.29, 0.717) is 23.6 Å². The number of hydrogen-bond acceptors (Lipinski definition) is 2. The molecule has 1 unspecified atom stereocenters. The number of amides is 1. The first kappa shape index (κ1) is 17.2. The highest BCUT2D eigenvalue weighted by Crippen LogP contribution is 2.31. The van der Waals surface area contributed by atoms with Gasteiger partial charge in [0.25, 0.3) is 0 Å². The van der Waals surface area contributed by atoms with E-state index in [1.165, 1.54) is 6.07 Å². The van der Waals surface area contributed by atoms with Crippen LogP contribution in [0.3, 0.4) is 0 Å². The maximum absolute atomic E-state index is 14.3. The minimum atomic E-state index is -0.299. The standard InChI is InChI=1S/C17H24ClFN2O/c1-2-3-9-16(22)20-12-15(21-10-4-5-11-21)17-13(18)7-6-8-14(17)19/h6-8,15H,2-5,9-12H2,1H3,(H,20,22). The monoisotopic (exact) mass is 326 g/mol. The van der Waals surface area contributed by atoms with Gasteiger partial charge in [0.05, 0.1) is 6.04 Å². The van der Waals surface area contributed by atoms with Crippen molar-refractivity contribution in [2.45, 2.75) is 45.1 Å². The smallest absolute Gasteiger partial charge is 0.220 e. The van der Waals surface area contributed by atoms with Crippen molar-refractivity contribution >= 4 is 17.5 Å². The van der Waals surface area contributed by atoms with Gasteiger partial charge in [-0.05, 0) is 44.5 Å². The van der Waals surface area contributed by atoms with Crippen LogP contribution in [-0.2, 0) is 4.79 Å². The van der Waals surface area contributed by atoms with Crippen LogP contribution < -0.4 is 5.32 Å². The van der Waals surface area contributed by atoms with Crippen molar-refractivity contribution in [3.63, 3.8) is 0 Å². The average molecular weight is 327 g/mol. The van der Waals surface area contributed by atoms with Crippen LogP contribution >= 0.6 is 11.6 Å². The summed E-state index contributed by atoms with van der Waals surface area (Å²) in [5.41, 5.74) is 0.502. The van der Waals surface area contributed by atoms with Crippen molar-refractivity contribution in [3.05, 3.63) is 34.6 Å². The quantitative estimate of drug-likeness (QED) is 0.823. The van der Waals surface area contributed by atoms with Crippen LogP contribution in [0.25, 0.3) is 0 Å². The van der Waals surface area contributed by atoms with E-state index in [2.05, 4.69) is 17.1 Å². The third-order valence-corrected chi connectivity index (χ3v) is 4.49. The number of carbonyl (C=O) groups excluding carboxylic acids is 1. The largest absolute Gasteiger partial charge is 0.354 e. The molecule has 1 heterocycles. The zero-order valence-corrected chi connectivity index (χ0v) is 13.8. The summed E-state index contributed by atoms with van der Waals surface area (Å²) in [6.45, 7) is 4.29. The van der Waals surface area contributed by atoms with Crippen LogP contribution in [-0.4, -0.2) is 30.4 Å². The number of nitrogens with one attached hydrogen (secondary N) is 1. The first-order valence-corrected chi connectivity index (χ1v) is 8.46. The van der Waals surface area contributed by atoms with E-state index in [1.807, 2.05) is 0 Å². The van der Waals surface area contributed by atoms with E-state index in [4.69, 9.17) is 11.6 Å². The van der Waals surface area contributed by atoms with Gasteiger partial charge < -0.3 is 5.32 Å². The number of halogens is 2. The first-order valence-electron chi connectivity index (χ1n) is 8.08. The van der Waals surface area contributed by atoms with Gasteiger partial charge in [-0.15, -0.1) is 0 Å². The van der Waals surface area contributed by atoms with Crippen LogP contribution in [0.2, 0.25) is 5.02 Å². The number of unbranched alkanes of at least 4 members (excludes halogenated alkanes) is 1. The lowest BCUT2D eigenvalue weighted by Crippen LogP contribution is -2.37. The lowest BCUT2D eigenvalue weighted by Gasteiger charge is -2.29. The van der Waals surface area contributed by atoms with Crippen molar-refractivity contribution in [1.82, 2.24) is 10.2 Å². The molecule has 1 aromatic carbocycles. The number of rotatable bonds is 7. The van der Waals surface area contributed by atoms with Crippen molar-refractivity contribution in [1.29, 1.82) is 0 Å². The number of likely N-dealkylation sites (tertiary alicyclic amines) is 1. The molecule has 2 rings (SSSR count). The van der Waals surface area contributed by atoms with E-state index in [1.54, 1.807) is 12.1 Å². The molecular weight excluding hydrogens is 303 g/mol. The zero-order valence-electron chi connectivity index (χ0n) is 13.1. The molecule has 0 radical (unpaired) electrons. The molecule has 5 heteroatoms. The van der Waals surface area contributed by atoms with Gasteiger partial charge in [0.15, 0.2) is 0 Å². The van der Waals surface area contributed by atoms with E-state index in [-0.39, 0.29) is 17.8 Å². The molecule has 1 amide bonds. The highest BCUT2D eigenvalue weighted by Gasteiger charge is 2.27. The van der Waals surface area contributed by atoms with Gasteiger partial charge in [-0.1, -0.05) is 31.0 Å². The molecule has 122 valence electrons. The Balaban J connectivity index is 2.11. The highest BCUT2D eigenvalue weighted by molar-refractivity contribution is 6.31. The van der Waals surface area contributed by atoms with Crippen LogP contribution in [0.4, 0.5) is 4.39 Å². The fourth-order valence-electron chi connectivity index (χ4n) is 2.93. The minimum absolute atomic E-state index is 0.0264. The summed E-state index contributed by atoms with van der Waals surface area (Å²) in [5, 5.41) is 3.37. The first-order chi connectivity index (χ1) is 10.6. The molecule has 1 N–H and O–H groups in total. The molecule has 1 aliphatic rings. The second-order valence-corrected chi connectivity index (χ2v) is 6.21. The Morgan fingerprint density at radius 2 is 2.14 bits per heavy atom. The van der Waals surface area contributed by atoms with E-state index < -0.39 is 0 Å². The highest BCUT2D eigenvalue weighted by atomic mass is 35.5. The van der Waals surface area contributed by atoms with Gasteiger partial charge in [0.2, 0.25) is 5.91 Å². The summed E-state index contributed by atoms with van der Waals surface area (Å²) < 4.78 is 14.3. The Hall–Kier alpha value is -1.13. The molecule has 1 atom stereocenters. The normalized spacial score (nSPS) is 16.7.